The number of fused-ring (bicyclic) bond motifs is 1. The fraction of sp³-hybridized carbons (Fsp3) is 0.682. The molecule has 0 spiro atoms. The third kappa shape index (κ3) is 5.53. The topological polar surface area (TPSA) is 58.1 Å². The van der Waals surface area contributed by atoms with Crippen LogP contribution in [0.15, 0.2) is 17.1 Å². The number of rotatable bonds is 7. The Bertz CT molecular complexity index is 669. The first-order valence-corrected chi connectivity index (χ1v) is 10.7. The van der Waals surface area contributed by atoms with E-state index in [2.05, 4.69) is 46.6 Å². The van der Waals surface area contributed by atoms with Gasteiger partial charge in [0.2, 0.25) is 0 Å². The molecular formula is C22H36N4O2. The lowest BCUT2D eigenvalue weighted by atomic mass is 9.94. The van der Waals surface area contributed by atoms with Crippen molar-refractivity contribution in [3.8, 4) is 11.5 Å². The Morgan fingerprint density at radius 1 is 1.29 bits per heavy atom. The van der Waals surface area contributed by atoms with Gasteiger partial charge in [0.15, 0.2) is 5.96 Å². The molecule has 0 saturated carbocycles. The summed E-state index contributed by atoms with van der Waals surface area (Å²) < 4.78 is 11.8. The van der Waals surface area contributed by atoms with Crippen LogP contribution in [0.4, 0.5) is 0 Å². The zero-order valence-electron chi connectivity index (χ0n) is 17.9. The van der Waals surface area contributed by atoms with Crippen molar-refractivity contribution in [3.05, 3.63) is 23.3 Å². The van der Waals surface area contributed by atoms with Gasteiger partial charge in [-0.05, 0) is 71.3 Å². The lowest BCUT2D eigenvalue weighted by molar-refractivity contribution is 0.213. The Labute approximate surface area is 169 Å². The summed E-state index contributed by atoms with van der Waals surface area (Å²) in [6, 6.07) is 4.25. The number of nitrogens with one attached hydrogen (secondary N) is 2. The molecule has 2 heterocycles. The number of hydrogen-bond acceptors (Lipinski definition) is 4. The molecule has 1 unspecified atom stereocenters. The van der Waals surface area contributed by atoms with Gasteiger partial charge < -0.3 is 25.0 Å². The van der Waals surface area contributed by atoms with Crippen LogP contribution in [0.1, 0.15) is 44.2 Å². The number of nitrogens with zero attached hydrogens (tertiary/aromatic N) is 2. The number of benzene rings is 1. The largest absolute Gasteiger partial charge is 0.494 e. The van der Waals surface area contributed by atoms with Crippen molar-refractivity contribution >= 4 is 5.96 Å². The second-order valence-electron chi connectivity index (χ2n) is 8.02. The first kappa shape index (κ1) is 20.8. The number of piperidine rings is 1. The third-order valence-corrected chi connectivity index (χ3v) is 5.73. The van der Waals surface area contributed by atoms with Gasteiger partial charge in [-0.25, -0.2) is 0 Å². The maximum atomic E-state index is 5.92. The highest BCUT2D eigenvalue weighted by Crippen LogP contribution is 2.35. The van der Waals surface area contributed by atoms with Crippen molar-refractivity contribution in [2.75, 3.05) is 40.3 Å². The van der Waals surface area contributed by atoms with E-state index >= 15 is 0 Å². The van der Waals surface area contributed by atoms with Crippen molar-refractivity contribution in [1.82, 2.24) is 15.5 Å². The molecule has 3 rings (SSSR count). The highest BCUT2D eigenvalue weighted by molar-refractivity contribution is 5.79. The van der Waals surface area contributed by atoms with E-state index in [0.717, 1.165) is 41.9 Å². The minimum absolute atomic E-state index is 0.238. The fourth-order valence-electron chi connectivity index (χ4n) is 4.05. The minimum Gasteiger partial charge on any atom is -0.494 e. The summed E-state index contributed by atoms with van der Waals surface area (Å²) >= 11 is 0. The van der Waals surface area contributed by atoms with Crippen LogP contribution < -0.4 is 20.1 Å². The number of hydrogen-bond donors (Lipinski definition) is 2. The number of likely N-dealkylation sites (tertiary alicyclic amines) is 1. The van der Waals surface area contributed by atoms with E-state index in [1.54, 1.807) is 0 Å². The van der Waals surface area contributed by atoms with Gasteiger partial charge in [0.05, 0.1) is 6.61 Å². The van der Waals surface area contributed by atoms with E-state index in [0.29, 0.717) is 13.2 Å². The lowest BCUT2D eigenvalue weighted by Gasteiger charge is -2.29. The van der Waals surface area contributed by atoms with Crippen LogP contribution in [0.25, 0.3) is 0 Å². The first-order valence-electron chi connectivity index (χ1n) is 10.7. The zero-order valence-corrected chi connectivity index (χ0v) is 17.9. The van der Waals surface area contributed by atoms with Crippen LogP contribution in [0.3, 0.4) is 0 Å². The fourth-order valence-corrected chi connectivity index (χ4v) is 4.05. The highest BCUT2D eigenvalue weighted by Gasteiger charge is 2.22. The maximum Gasteiger partial charge on any atom is 0.191 e. The summed E-state index contributed by atoms with van der Waals surface area (Å²) in [4.78, 5) is 6.79. The van der Waals surface area contributed by atoms with Crippen molar-refractivity contribution in [2.45, 2.75) is 52.2 Å². The van der Waals surface area contributed by atoms with Crippen molar-refractivity contribution < 1.29 is 9.47 Å². The average Bonchev–Trinajstić information content (AvgIpc) is 3.05. The lowest BCUT2D eigenvalue weighted by Crippen LogP contribution is -2.38. The SMILES string of the molecule is CCOc1cc2c(cc1CNC(=NC)NCCC1CCN(C)CC1)OC(C)C2. The molecule has 0 bridgehead atoms. The van der Waals surface area contributed by atoms with Crippen molar-refractivity contribution in [2.24, 2.45) is 10.9 Å². The van der Waals surface area contributed by atoms with E-state index < -0.39 is 0 Å². The standard InChI is InChI=1S/C22H36N4O2/c1-5-27-20-13-18-12-16(2)28-21(18)14-19(20)15-25-22(23-3)24-9-6-17-7-10-26(4)11-8-17/h13-14,16-17H,5-12,15H2,1-4H3,(H2,23,24,25). The molecule has 28 heavy (non-hydrogen) atoms. The second kappa shape index (κ2) is 10.0. The molecule has 2 aliphatic rings. The quantitative estimate of drug-likeness (QED) is 0.556. The van der Waals surface area contributed by atoms with Crippen LogP contribution in [0.2, 0.25) is 0 Å². The van der Waals surface area contributed by atoms with Gasteiger partial charge in [-0.15, -0.1) is 0 Å². The summed E-state index contributed by atoms with van der Waals surface area (Å²) in [6.07, 6.45) is 4.99. The Morgan fingerprint density at radius 3 is 2.79 bits per heavy atom. The number of ether oxygens (including phenoxy) is 2. The van der Waals surface area contributed by atoms with Gasteiger partial charge in [-0.3, -0.25) is 4.99 Å². The van der Waals surface area contributed by atoms with Crippen LogP contribution in [0, 0.1) is 5.92 Å². The molecule has 1 atom stereocenters. The summed E-state index contributed by atoms with van der Waals surface area (Å²) in [7, 11) is 4.03. The summed E-state index contributed by atoms with van der Waals surface area (Å²) in [5, 5.41) is 6.89. The Morgan fingerprint density at radius 2 is 2.07 bits per heavy atom. The molecule has 0 aromatic heterocycles. The van der Waals surface area contributed by atoms with Gasteiger partial charge in [-0.1, -0.05) is 0 Å². The Kier molecular flexibility index (Phi) is 7.43. The van der Waals surface area contributed by atoms with Crippen molar-refractivity contribution in [3.63, 3.8) is 0 Å². The molecule has 156 valence electrons. The highest BCUT2D eigenvalue weighted by atomic mass is 16.5. The van der Waals surface area contributed by atoms with E-state index in [9.17, 15) is 0 Å². The van der Waals surface area contributed by atoms with Crippen LogP contribution in [0.5, 0.6) is 11.5 Å². The van der Waals surface area contributed by atoms with Gasteiger partial charge in [0, 0.05) is 37.7 Å². The van der Waals surface area contributed by atoms with Crippen LogP contribution in [-0.4, -0.2) is 57.3 Å². The van der Waals surface area contributed by atoms with E-state index in [1.807, 2.05) is 14.0 Å². The monoisotopic (exact) mass is 388 g/mol. The van der Waals surface area contributed by atoms with Gasteiger partial charge in [0.1, 0.15) is 17.6 Å². The normalized spacial score (nSPS) is 20.6. The summed E-state index contributed by atoms with van der Waals surface area (Å²) in [5.41, 5.74) is 2.34. The predicted octanol–water partition coefficient (Wildman–Crippen LogP) is 2.81. The van der Waals surface area contributed by atoms with Crippen molar-refractivity contribution in [1.29, 1.82) is 0 Å². The Balaban J connectivity index is 1.51. The second-order valence-corrected chi connectivity index (χ2v) is 8.02. The number of guanidine groups is 1. The zero-order chi connectivity index (χ0) is 19.9. The minimum atomic E-state index is 0.238. The van der Waals surface area contributed by atoms with Gasteiger partial charge in [0.25, 0.3) is 0 Å². The van der Waals surface area contributed by atoms with E-state index in [-0.39, 0.29) is 6.10 Å². The molecule has 0 aliphatic carbocycles. The molecule has 6 heteroatoms. The molecule has 0 radical (unpaired) electrons. The molecule has 1 saturated heterocycles. The molecule has 1 aromatic carbocycles. The van der Waals surface area contributed by atoms with Crippen LogP contribution in [-0.2, 0) is 13.0 Å². The molecule has 2 aliphatic heterocycles. The summed E-state index contributed by atoms with van der Waals surface area (Å²) in [6.45, 7) is 8.84. The van der Waals surface area contributed by atoms with Crippen LogP contribution >= 0.6 is 0 Å². The average molecular weight is 389 g/mol. The molecular weight excluding hydrogens is 352 g/mol. The van der Waals surface area contributed by atoms with Gasteiger partial charge >= 0.3 is 0 Å². The summed E-state index contributed by atoms with van der Waals surface area (Å²) in [5.74, 6) is 3.58. The predicted molar refractivity (Wildman–Crippen MR) is 114 cm³/mol. The van der Waals surface area contributed by atoms with Gasteiger partial charge in [-0.2, -0.15) is 0 Å². The third-order valence-electron chi connectivity index (χ3n) is 5.73. The molecule has 1 fully saturated rings. The Hall–Kier alpha value is -1.95. The molecule has 1 aromatic rings. The molecule has 2 N–H and O–H groups in total. The first-order chi connectivity index (χ1) is 13.6. The van der Waals surface area contributed by atoms with E-state index in [1.165, 1.54) is 37.9 Å². The maximum absolute atomic E-state index is 5.92. The smallest absolute Gasteiger partial charge is 0.191 e. The molecule has 0 amide bonds. The van der Waals surface area contributed by atoms with E-state index in [4.69, 9.17) is 9.47 Å². The number of aliphatic imine (C=N–C) groups is 1. The molecule has 6 nitrogen and oxygen atoms in total.